The lowest BCUT2D eigenvalue weighted by molar-refractivity contribution is -0.703. The molecule has 200 valence electrons. The molecular formula is C24H44N4O7+2. The third kappa shape index (κ3) is 12.1. The van der Waals surface area contributed by atoms with Crippen LogP contribution in [0.3, 0.4) is 0 Å². The van der Waals surface area contributed by atoms with Gasteiger partial charge in [0.25, 0.3) is 0 Å². The highest BCUT2D eigenvalue weighted by molar-refractivity contribution is 4.71. The molecule has 0 saturated heterocycles. The van der Waals surface area contributed by atoms with Crippen LogP contribution in [0.25, 0.3) is 0 Å². The van der Waals surface area contributed by atoms with E-state index in [-0.39, 0.29) is 33.0 Å². The van der Waals surface area contributed by atoms with Gasteiger partial charge in [0.15, 0.2) is 0 Å². The molecule has 0 aliphatic rings. The fourth-order valence-corrected chi connectivity index (χ4v) is 3.40. The number of imidazole rings is 2. The second-order valence-electron chi connectivity index (χ2n) is 9.05. The summed E-state index contributed by atoms with van der Waals surface area (Å²) in [5.41, 5.74) is 0. The van der Waals surface area contributed by atoms with Gasteiger partial charge in [-0.1, -0.05) is 13.8 Å². The van der Waals surface area contributed by atoms with Crippen molar-refractivity contribution in [3.63, 3.8) is 0 Å². The molecule has 35 heavy (non-hydrogen) atoms. The van der Waals surface area contributed by atoms with Crippen LogP contribution < -0.4 is 9.13 Å². The molecule has 2 aromatic heterocycles. The quantitative estimate of drug-likeness (QED) is 0.178. The fourth-order valence-electron chi connectivity index (χ4n) is 3.40. The lowest BCUT2D eigenvalue weighted by atomic mass is 10.3. The monoisotopic (exact) mass is 500 g/mol. The van der Waals surface area contributed by atoms with Crippen LogP contribution in [-0.2, 0) is 40.9 Å². The number of aliphatic hydroxyl groups excluding tert-OH is 4. The van der Waals surface area contributed by atoms with Crippen LogP contribution >= 0.6 is 0 Å². The van der Waals surface area contributed by atoms with Crippen LogP contribution in [0.15, 0.2) is 37.4 Å². The first kappa shape index (κ1) is 29.4. The maximum atomic E-state index is 10.4. The molecule has 0 saturated carbocycles. The van der Waals surface area contributed by atoms with Gasteiger partial charge >= 0.3 is 0 Å². The highest BCUT2D eigenvalue weighted by Crippen LogP contribution is 2.03. The third-order valence-corrected chi connectivity index (χ3v) is 5.53. The van der Waals surface area contributed by atoms with Crippen molar-refractivity contribution in [1.82, 2.24) is 9.13 Å². The second kappa shape index (κ2) is 16.0. The van der Waals surface area contributed by atoms with Gasteiger partial charge in [-0.2, -0.15) is 0 Å². The van der Waals surface area contributed by atoms with E-state index in [1.807, 2.05) is 76.6 Å². The van der Waals surface area contributed by atoms with E-state index >= 15 is 0 Å². The summed E-state index contributed by atoms with van der Waals surface area (Å²) in [5, 5.41) is 40.1. The Bertz CT molecular complexity index is 815. The standard InChI is InChI=1S/C24H44N4O7/c1-4-20(29)13-33-16-24(35-15-21(30)5-2)17-34-14-23(32)12-28-9-8-27(19-28)11-22(31)10-26-7-6-25(3)18-26/h6-9,18-24,29-32H,4-5,10-17H2,1-3H3/q+2/t20?,21-,22?,23?,24?/m0/s1. The molecule has 11 nitrogen and oxygen atoms in total. The Balaban J connectivity index is 1.72. The number of hydrogen-bond acceptors (Lipinski definition) is 7. The summed E-state index contributed by atoms with van der Waals surface area (Å²) in [6.07, 6.45) is 9.71. The SMILES string of the molecule is CCC(O)COCC(COCC(O)Cn1cc[n+](CC(O)Cn2cc[n+](C)c2)c1)OC[C@@H](O)CC. The molecule has 0 spiro atoms. The average Bonchev–Trinajstić information content (AvgIpc) is 3.44. The van der Waals surface area contributed by atoms with E-state index in [9.17, 15) is 20.4 Å². The largest absolute Gasteiger partial charge is 0.391 e. The molecule has 4 N–H and O–H groups in total. The van der Waals surface area contributed by atoms with Gasteiger partial charge in [0, 0.05) is 0 Å². The zero-order valence-electron chi connectivity index (χ0n) is 21.2. The Kier molecular flexibility index (Phi) is 13.4. The van der Waals surface area contributed by atoms with Gasteiger partial charge in [-0.15, -0.1) is 0 Å². The first-order valence-electron chi connectivity index (χ1n) is 12.3. The van der Waals surface area contributed by atoms with Crippen molar-refractivity contribution in [3.05, 3.63) is 37.4 Å². The van der Waals surface area contributed by atoms with Gasteiger partial charge in [-0.25, -0.2) is 18.3 Å². The number of aryl methyl sites for hydroxylation is 1. The minimum absolute atomic E-state index is 0.110. The molecule has 0 fully saturated rings. The van der Waals surface area contributed by atoms with Crippen molar-refractivity contribution >= 4 is 0 Å². The van der Waals surface area contributed by atoms with Gasteiger partial charge < -0.3 is 34.6 Å². The Morgan fingerprint density at radius 1 is 0.714 bits per heavy atom. The molecule has 0 radical (unpaired) electrons. The average molecular weight is 501 g/mol. The zero-order chi connectivity index (χ0) is 25.6. The maximum Gasteiger partial charge on any atom is 0.243 e. The minimum Gasteiger partial charge on any atom is -0.391 e. The number of hydrogen-bond donors (Lipinski definition) is 4. The van der Waals surface area contributed by atoms with Crippen molar-refractivity contribution in [3.8, 4) is 0 Å². The van der Waals surface area contributed by atoms with Crippen molar-refractivity contribution in [1.29, 1.82) is 0 Å². The van der Waals surface area contributed by atoms with Gasteiger partial charge in [0.05, 0.1) is 52.3 Å². The van der Waals surface area contributed by atoms with Crippen molar-refractivity contribution < 1.29 is 43.8 Å². The van der Waals surface area contributed by atoms with Crippen LogP contribution in [-0.4, -0.2) is 93.1 Å². The molecule has 0 amide bonds. The van der Waals surface area contributed by atoms with E-state index in [0.29, 0.717) is 32.5 Å². The molecule has 0 aliphatic carbocycles. The second-order valence-corrected chi connectivity index (χ2v) is 9.05. The molecule has 2 rings (SSSR count). The van der Waals surface area contributed by atoms with E-state index < -0.39 is 30.5 Å². The Hall–Kier alpha value is -1.86. The number of aromatic nitrogens is 4. The molecule has 2 heterocycles. The Morgan fingerprint density at radius 2 is 1.29 bits per heavy atom. The summed E-state index contributed by atoms with van der Waals surface area (Å²) in [6.45, 7) is 5.95. The van der Waals surface area contributed by atoms with E-state index in [0.717, 1.165) is 0 Å². The predicted octanol–water partition coefficient (Wildman–Crippen LogP) is -1.22. The van der Waals surface area contributed by atoms with Crippen LogP contribution in [0, 0.1) is 0 Å². The van der Waals surface area contributed by atoms with E-state index in [4.69, 9.17) is 14.2 Å². The topological polar surface area (TPSA) is 126 Å². The van der Waals surface area contributed by atoms with Crippen LogP contribution in [0.1, 0.15) is 26.7 Å². The molecule has 0 aromatic carbocycles. The minimum atomic E-state index is -0.731. The number of aliphatic hydroxyl groups is 4. The molecule has 11 heteroatoms. The van der Waals surface area contributed by atoms with Gasteiger partial charge in [-0.3, -0.25) is 0 Å². The van der Waals surface area contributed by atoms with Crippen LogP contribution in [0.4, 0.5) is 0 Å². The normalized spacial score (nSPS) is 16.2. The number of nitrogens with zero attached hydrogens (tertiary/aromatic N) is 4. The highest BCUT2D eigenvalue weighted by atomic mass is 16.6. The molecule has 4 unspecified atom stereocenters. The summed E-state index contributed by atoms with van der Waals surface area (Å²) in [4.78, 5) is 0. The lowest BCUT2D eigenvalue weighted by Gasteiger charge is -2.21. The Labute approximate surface area is 207 Å². The first-order valence-corrected chi connectivity index (χ1v) is 12.3. The van der Waals surface area contributed by atoms with Crippen molar-refractivity contribution in [2.75, 3.05) is 33.0 Å². The highest BCUT2D eigenvalue weighted by Gasteiger charge is 2.18. The van der Waals surface area contributed by atoms with Gasteiger partial charge in [0.2, 0.25) is 12.7 Å². The molecule has 2 aromatic rings. The van der Waals surface area contributed by atoms with Gasteiger partial charge in [0.1, 0.15) is 62.7 Å². The summed E-state index contributed by atoms with van der Waals surface area (Å²) in [5.74, 6) is 0. The smallest absolute Gasteiger partial charge is 0.243 e. The fraction of sp³-hybridized carbons (Fsp3) is 0.750. The molecule has 0 bridgehead atoms. The lowest BCUT2D eigenvalue weighted by Crippen LogP contribution is -2.40. The Morgan fingerprint density at radius 3 is 1.91 bits per heavy atom. The molecule has 0 aliphatic heterocycles. The van der Waals surface area contributed by atoms with Crippen LogP contribution in [0.5, 0.6) is 0 Å². The van der Waals surface area contributed by atoms with E-state index in [1.165, 1.54) is 0 Å². The summed E-state index contributed by atoms with van der Waals surface area (Å²) in [7, 11) is 1.93. The number of ether oxygens (including phenoxy) is 3. The predicted molar refractivity (Wildman–Crippen MR) is 126 cm³/mol. The summed E-state index contributed by atoms with van der Waals surface area (Å²) < 4.78 is 24.4. The van der Waals surface area contributed by atoms with Crippen LogP contribution in [0.2, 0.25) is 0 Å². The summed E-state index contributed by atoms with van der Waals surface area (Å²) in [6, 6.07) is 0. The first-order chi connectivity index (χ1) is 16.8. The van der Waals surface area contributed by atoms with E-state index in [1.54, 1.807) is 0 Å². The number of rotatable bonds is 19. The van der Waals surface area contributed by atoms with Crippen molar-refractivity contribution in [2.45, 2.75) is 76.8 Å². The van der Waals surface area contributed by atoms with Gasteiger partial charge in [-0.05, 0) is 12.8 Å². The van der Waals surface area contributed by atoms with E-state index in [2.05, 4.69) is 0 Å². The maximum absolute atomic E-state index is 10.4. The summed E-state index contributed by atoms with van der Waals surface area (Å²) >= 11 is 0. The molecular weight excluding hydrogens is 456 g/mol. The zero-order valence-corrected chi connectivity index (χ0v) is 21.2. The third-order valence-electron chi connectivity index (χ3n) is 5.53. The van der Waals surface area contributed by atoms with Crippen molar-refractivity contribution in [2.24, 2.45) is 7.05 Å². The molecule has 5 atom stereocenters.